The lowest BCUT2D eigenvalue weighted by Crippen LogP contribution is -2.20. The largest absolute Gasteiger partial charge is 0.422 e. The van der Waals surface area contributed by atoms with Crippen LogP contribution in [0.4, 0.5) is 10.8 Å². The molecule has 2 heterocycles. The lowest BCUT2D eigenvalue weighted by Gasteiger charge is -2.06. The maximum atomic E-state index is 12.4. The number of hydrogen-bond acceptors (Lipinski definition) is 6. The second-order valence-electron chi connectivity index (χ2n) is 5.59. The van der Waals surface area contributed by atoms with Gasteiger partial charge in [0.05, 0.1) is 5.69 Å². The number of hydrogen-bond donors (Lipinski definition) is 2. The van der Waals surface area contributed by atoms with Crippen LogP contribution in [0.1, 0.15) is 10.4 Å². The highest BCUT2D eigenvalue weighted by molar-refractivity contribution is 7.13. The molecule has 2 aromatic carbocycles. The summed E-state index contributed by atoms with van der Waals surface area (Å²) in [6.07, 6.45) is 0. The molecule has 0 aliphatic heterocycles. The van der Waals surface area contributed by atoms with Gasteiger partial charge in [0.2, 0.25) is 0 Å². The van der Waals surface area contributed by atoms with Crippen molar-refractivity contribution in [2.24, 2.45) is 0 Å². The van der Waals surface area contributed by atoms with Gasteiger partial charge in [-0.2, -0.15) is 0 Å². The summed E-state index contributed by atoms with van der Waals surface area (Å²) in [6, 6.07) is 15.7. The number of nitrogens with zero attached hydrogens (tertiary/aromatic N) is 1. The van der Waals surface area contributed by atoms with E-state index in [1.807, 2.05) is 23.6 Å². The summed E-state index contributed by atoms with van der Waals surface area (Å²) in [4.78, 5) is 28.7. The molecule has 0 radical (unpaired) electrons. The number of amides is 1. The van der Waals surface area contributed by atoms with Gasteiger partial charge in [0.1, 0.15) is 11.1 Å². The van der Waals surface area contributed by atoms with E-state index in [-0.39, 0.29) is 5.56 Å². The summed E-state index contributed by atoms with van der Waals surface area (Å²) in [5, 5.41) is 5.76. The SMILES string of the molecule is Nc1nc(-c2ccc(NC(=O)c3cc4ccccc4oc3=O)cc2)cs1. The zero-order valence-corrected chi connectivity index (χ0v) is 14.2. The lowest BCUT2D eigenvalue weighted by molar-refractivity contribution is 0.102. The van der Waals surface area contributed by atoms with Gasteiger partial charge in [-0.3, -0.25) is 4.79 Å². The average Bonchev–Trinajstić information content (AvgIpc) is 3.08. The molecule has 4 aromatic rings. The quantitative estimate of drug-likeness (QED) is 0.540. The molecule has 0 aliphatic rings. The Kier molecular flexibility index (Phi) is 3.98. The Balaban J connectivity index is 1.58. The van der Waals surface area contributed by atoms with Crippen LogP contribution in [0.3, 0.4) is 0 Å². The van der Waals surface area contributed by atoms with Gasteiger partial charge in [0.25, 0.3) is 5.91 Å². The number of nitrogens with one attached hydrogen (secondary N) is 1. The monoisotopic (exact) mass is 363 g/mol. The molecule has 0 saturated carbocycles. The zero-order valence-electron chi connectivity index (χ0n) is 13.4. The Labute approximate surface area is 151 Å². The Morgan fingerprint density at radius 3 is 2.62 bits per heavy atom. The van der Waals surface area contributed by atoms with Crippen LogP contribution in [0, 0.1) is 0 Å². The van der Waals surface area contributed by atoms with Crippen molar-refractivity contribution in [2.75, 3.05) is 11.1 Å². The first kappa shape index (κ1) is 16.0. The fraction of sp³-hybridized carbons (Fsp3) is 0. The van der Waals surface area contributed by atoms with E-state index in [0.29, 0.717) is 21.8 Å². The predicted molar refractivity (Wildman–Crippen MR) is 102 cm³/mol. The smallest absolute Gasteiger partial charge is 0.349 e. The van der Waals surface area contributed by atoms with Gasteiger partial charge >= 0.3 is 5.63 Å². The second kappa shape index (κ2) is 6.45. The van der Waals surface area contributed by atoms with Crippen LogP contribution < -0.4 is 16.7 Å². The van der Waals surface area contributed by atoms with E-state index in [1.165, 1.54) is 17.4 Å². The summed E-state index contributed by atoms with van der Waals surface area (Å²) < 4.78 is 5.20. The number of aromatic nitrogens is 1. The van der Waals surface area contributed by atoms with Gasteiger partial charge in [-0.05, 0) is 24.3 Å². The number of anilines is 2. The number of fused-ring (bicyclic) bond motifs is 1. The molecule has 1 amide bonds. The lowest BCUT2D eigenvalue weighted by atomic mass is 10.1. The van der Waals surface area contributed by atoms with Crippen molar-refractivity contribution in [1.29, 1.82) is 0 Å². The number of thiazole rings is 1. The summed E-state index contributed by atoms with van der Waals surface area (Å²) in [6.45, 7) is 0. The molecule has 6 nitrogen and oxygen atoms in total. The van der Waals surface area contributed by atoms with Crippen molar-refractivity contribution < 1.29 is 9.21 Å². The second-order valence-corrected chi connectivity index (χ2v) is 6.48. The molecule has 0 spiro atoms. The highest BCUT2D eigenvalue weighted by atomic mass is 32.1. The predicted octanol–water partition coefficient (Wildman–Crippen LogP) is 3.75. The maximum absolute atomic E-state index is 12.4. The van der Waals surface area contributed by atoms with Crippen molar-refractivity contribution in [3.8, 4) is 11.3 Å². The third kappa shape index (κ3) is 3.07. The van der Waals surface area contributed by atoms with Gasteiger partial charge < -0.3 is 15.5 Å². The van der Waals surface area contributed by atoms with Crippen molar-refractivity contribution in [1.82, 2.24) is 4.98 Å². The molecule has 3 N–H and O–H groups in total. The summed E-state index contributed by atoms with van der Waals surface area (Å²) >= 11 is 1.37. The first-order valence-corrected chi connectivity index (χ1v) is 8.64. The van der Waals surface area contributed by atoms with Gasteiger partial charge in [0, 0.05) is 22.0 Å². The Hall–Kier alpha value is -3.45. The minimum atomic E-state index is -0.671. The van der Waals surface area contributed by atoms with Crippen molar-refractivity contribution in [3.05, 3.63) is 76.0 Å². The van der Waals surface area contributed by atoms with Crippen molar-refractivity contribution in [2.45, 2.75) is 0 Å². The minimum absolute atomic E-state index is 0.0416. The molecule has 26 heavy (non-hydrogen) atoms. The van der Waals surface area contributed by atoms with Gasteiger partial charge in [0.15, 0.2) is 5.13 Å². The summed E-state index contributed by atoms with van der Waals surface area (Å²) in [5.74, 6) is -0.518. The molecule has 4 rings (SSSR count). The third-order valence-electron chi connectivity index (χ3n) is 3.85. The number of benzene rings is 2. The van der Waals surface area contributed by atoms with Crippen LogP contribution in [0.25, 0.3) is 22.2 Å². The normalized spacial score (nSPS) is 10.8. The van der Waals surface area contributed by atoms with Crippen molar-refractivity contribution >= 4 is 39.0 Å². The van der Waals surface area contributed by atoms with Crippen LogP contribution in [0.15, 0.2) is 69.2 Å². The minimum Gasteiger partial charge on any atom is -0.422 e. The first-order chi connectivity index (χ1) is 12.6. The van der Waals surface area contributed by atoms with Gasteiger partial charge in [-0.1, -0.05) is 30.3 Å². The standard InChI is InChI=1S/C19H13N3O3S/c20-19-22-15(10-26-19)11-5-7-13(8-6-11)21-17(23)14-9-12-3-1-2-4-16(12)25-18(14)24/h1-10H,(H2,20,22)(H,21,23). The molecule has 7 heteroatoms. The first-order valence-electron chi connectivity index (χ1n) is 7.76. The Bertz CT molecular complexity index is 1160. The number of nitrogen functional groups attached to an aromatic ring is 1. The molecule has 0 fully saturated rings. The summed E-state index contributed by atoms with van der Waals surface area (Å²) in [5.41, 5.74) is 7.61. The molecule has 128 valence electrons. The highest BCUT2D eigenvalue weighted by Crippen LogP contribution is 2.24. The molecule has 0 bridgehead atoms. The third-order valence-corrected chi connectivity index (χ3v) is 4.52. The number of carbonyl (C=O) groups excluding carboxylic acids is 1. The van der Waals surface area contributed by atoms with Crippen LogP contribution in [0.2, 0.25) is 0 Å². The Morgan fingerprint density at radius 1 is 1.12 bits per heavy atom. The highest BCUT2D eigenvalue weighted by Gasteiger charge is 2.14. The number of nitrogens with two attached hydrogens (primary N) is 1. The van der Waals surface area contributed by atoms with E-state index >= 15 is 0 Å². The topological polar surface area (TPSA) is 98.2 Å². The molecule has 0 aliphatic carbocycles. The van der Waals surface area contributed by atoms with Crippen LogP contribution >= 0.6 is 11.3 Å². The molecular formula is C19H13N3O3S. The van der Waals surface area contributed by atoms with Crippen LogP contribution in [-0.2, 0) is 0 Å². The van der Waals surface area contributed by atoms with E-state index in [2.05, 4.69) is 10.3 Å². The zero-order chi connectivity index (χ0) is 18.1. The number of para-hydroxylation sites is 1. The Morgan fingerprint density at radius 2 is 1.88 bits per heavy atom. The molecule has 0 unspecified atom stereocenters. The number of rotatable bonds is 3. The number of carbonyl (C=O) groups is 1. The molecule has 0 atom stereocenters. The van der Waals surface area contributed by atoms with E-state index in [0.717, 1.165) is 11.3 Å². The molecular weight excluding hydrogens is 350 g/mol. The van der Waals surface area contributed by atoms with Crippen LogP contribution in [0.5, 0.6) is 0 Å². The molecule has 2 aromatic heterocycles. The van der Waals surface area contributed by atoms with E-state index < -0.39 is 11.5 Å². The fourth-order valence-electron chi connectivity index (χ4n) is 2.56. The molecule has 0 saturated heterocycles. The fourth-order valence-corrected chi connectivity index (χ4v) is 3.14. The average molecular weight is 363 g/mol. The van der Waals surface area contributed by atoms with Crippen molar-refractivity contribution in [3.63, 3.8) is 0 Å². The maximum Gasteiger partial charge on any atom is 0.349 e. The van der Waals surface area contributed by atoms with Gasteiger partial charge in [-0.15, -0.1) is 11.3 Å². The summed E-state index contributed by atoms with van der Waals surface area (Å²) in [7, 11) is 0. The van der Waals surface area contributed by atoms with E-state index in [4.69, 9.17) is 10.2 Å². The van der Waals surface area contributed by atoms with E-state index in [1.54, 1.807) is 30.3 Å². The van der Waals surface area contributed by atoms with Crippen LogP contribution in [-0.4, -0.2) is 10.9 Å². The van der Waals surface area contributed by atoms with Gasteiger partial charge in [-0.25, -0.2) is 9.78 Å². The van der Waals surface area contributed by atoms with E-state index in [9.17, 15) is 9.59 Å².